The molecule has 50 valence electrons. The van der Waals surface area contributed by atoms with Gasteiger partial charge in [0.1, 0.15) is 0 Å². The lowest BCUT2D eigenvalue weighted by atomic mass is 10.4. The van der Waals surface area contributed by atoms with E-state index in [2.05, 4.69) is 10.7 Å². The van der Waals surface area contributed by atoms with E-state index in [1.54, 1.807) is 0 Å². The highest BCUT2D eigenvalue weighted by molar-refractivity contribution is 4.69. The highest BCUT2D eigenvalue weighted by Crippen LogP contribution is 1.83. The Kier molecular flexibility index (Phi) is 2.31. The molecule has 0 aliphatic carbocycles. The van der Waals surface area contributed by atoms with Crippen molar-refractivity contribution in [3.05, 3.63) is 0 Å². The Balaban J connectivity index is 2.17. The standard InChI is InChI=1S/C5H10N4/c6-5-8-9-3-1-7-2-4-9/h7-8H,1-4H2. The van der Waals surface area contributed by atoms with Gasteiger partial charge in [-0.15, -0.1) is 0 Å². The van der Waals surface area contributed by atoms with Gasteiger partial charge in [0.05, 0.1) is 0 Å². The maximum Gasteiger partial charge on any atom is 0.192 e. The molecule has 0 atom stereocenters. The van der Waals surface area contributed by atoms with Gasteiger partial charge in [-0.2, -0.15) is 5.26 Å². The van der Waals surface area contributed by atoms with Crippen molar-refractivity contribution in [2.24, 2.45) is 0 Å². The second-order valence-corrected chi connectivity index (χ2v) is 1.96. The fourth-order valence-corrected chi connectivity index (χ4v) is 0.847. The Labute approximate surface area is 54.4 Å². The Morgan fingerprint density at radius 3 is 2.67 bits per heavy atom. The zero-order valence-corrected chi connectivity index (χ0v) is 5.22. The predicted molar refractivity (Wildman–Crippen MR) is 33.2 cm³/mol. The first kappa shape index (κ1) is 6.33. The van der Waals surface area contributed by atoms with Gasteiger partial charge < -0.3 is 5.32 Å². The molecule has 0 aromatic rings. The molecule has 9 heavy (non-hydrogen) atoms. The monoisotopic (exact) mass is 126 g/mol. The fraction of sp³-hybridized carbons (Fsp3) is 0.800. The topological polar surface area (TPSA) is 51.1 Å². The fourth-order valence-electron chi connectivity index (χ4n) is 0.847. The van der Waals surface area contributed by atoms with Crippen molar-refractivity contribution in [2.75, 3.05) is 26.2 Å². The smallest absolute Gasteiger partial charge is 0.192 e. The summed E-state index contributed by atoms with van der Waals surface area (Å²) in [5.41, 5.74) is 2.58. The van der Waals surface area contributed by atoms with Gasteiger partial charge in [0, 0.05) is 26.2 Å². The maximum atomic E-state index is 8.20. The average Bonchev–Trinajstić information content (AvgIpc) is 1.91. The summed E-state index contributed by atoms with van der Waals surface area (Å²) in [6, 6.07) is 0. The quantitative estimate of drug-likeness (QED) is 0.345. The van der Waals surface area contributed by atoms with Crippen LogP contribution in [0, 0.1) is 11.5 Å². The second-order valence-electron chi connectivity index (χ2n) is 1.96. The van der Waals surface area contributed by atoms with Crippen LogP contribution in [0.1, 0.15) is 0 Å². The zero-order chi connectivity index (χ0) is 6.53. The summed E-state index contributed by atoms with van der Waals surface area (Å²) in [6.45, 7) is 3.75. The maximum absolute atomic E-state index is 8.20. The van der Waals surface area contributed by atoms with E-state index in [0.29, 0.717) is 0 Å². The van der Waals surface area contributed by atoms with Crippen molar-refractivity contribution in [2.45, 2.75) is 0 Å². The largest absolute Gasteiger partial charge is 0.314 e. The highest BCUT2D eigenvalue weighted by atomic mass is 15.5. The van der Waals surface area contributed by atoms with Crippen molar-refractivity contribution in [1.29, 1.82) is 5.26 Å². The van der Waals surface area contributed by atoms with E-state index in [0.717, 1.165) is 26.2 Å². The molecule has 1 fully saturated rings. The number of hydrogen-bond donors (Lipinski definition) is 2. The van der Waals surface area contributed by atoms with Crippen LogP contribution in [0.15, 0.2) is 0 Å². The van der Waals surface area contributed by atoms with Crippen molar-refractivity contribution in [3.8, 4) is 6.19 Å². The molecule has 1 heterocycles. The van der Waals surface area contributed by atoms with Crippen LogP contribution in [0.2, 0.25) is 0 Å². The molecule has 4 heteroatoms. The highest BCUT2D eigenvalue weighted by Gasteiger charge is 2.06. The van der Waals surface area contributed by atoms with Gasteiger partial charge in [0.2, 0.25) is 0 Å². The Morgan fingerprint density at radius 1 is 1.44 bits per heavy atom. The summed E-state index contributed by atoms with van der Waals surface area (Å²) in [4.78, 5) is 0. The second kappa shape index (κ2) is 3.28. The number of nitrogens with one attached hydrogen (secondary N) is 2. The number of hydrazine groups is 1. The minimum absolute atomic E-state index is 0.910. The minimum atomic E-state index is 0.910. The summed E-state index contributed by atoms with van der Waals surface area (Å²) in [5.74, 6) is 0. The summed E-state index contributed by atoms with van der Waals surface area (Å²) in [6.07, 6.45) is 1.89. The third-order valence-corrected chi connectivity index (χ3v) is 1.33. The Morgan fingerprint density at radius 2 is 2.11 bits per heavy atom. The van der Waals surface area contributed by atoms with Gasteiger partial charge in [-0.3, -0.25) is 5.43 Å². The molecule has 4 nitrogen and oxygen atoms in total. The molecule has 0 aromatic heterocycles. The lowest BCUT2D eigenvalue weighted by molar-refractivity contribution is 0.199. The first-order valence-corrected chi connectivity index (χ1v) is 3.04. The molecule has 1 aliphatic heterocycles. The van der Waals surface area contributed by atoms with E-state index < -0.39 is 0 Å². The molecule has 0 unspecified atom stereocenters. The van der Waals surface area contributed by atoms with Gasteiger partial charge in [-0.25, -0.2) is 5.01 Å². The molecule has 0 spiro atoms. The summed E-state index contributed by atoms with van der Waals surface area (Å²) < 4.78 is 0. The number of nitrogens with zero attached hydrogens (tertiary/aromatic N) is 2. The molecule has 0 aromatic carbocycles. The third-order valence-electron chi connectivity index (χ3n) is 1.33. The van der Waals surface area contributed by atoms with E-state index in [1.807, 2.05) is 11.2 Å². The van der Waals surface area contributed by atoms with Crippen molar-refractivity contribution in [3.63, 3.8) is 0 Å². The molecular formula is C5H10N4. The van der Waals surface area contributed by atoms with Gasteiger partial charge in [-0.05, 0) is 0 Å². The van der Waals surface area contributed by atoms with Crippen LogP contribution in [0.4, 0.5) is 0 Å². The molecule has 0 amide bonds. The number of nitriles is 1. The first-order chi connectivity index (χ1) is 4.43. The summed E-state index contributed by atoms with van der Waals surface area (Å²) in [7, 11) is 0. The molecule has 0 saturated carbocycles. The summed E-state index contributed by atoms with van der Waals surface area (Å²) >= 11 is 0. The number of piperazine rings is 1. The van der Waals surface area contributed by atoms with Crippen molar-refractivity contribution >= 4 is 0 Å². The van der Waals surface area contributed by atoms with Gasteiger partial charge >= 0.3 is 0 Å². The number of hydrogen-bond acceptors (Lipinski definition) is 4. The van der Waals surface area contributed by atoms with E-state index in [4.69, 9.17) is 5.26 Å². The van der Waals surface area contributed by atoms with E-state index in [9.17, 15) is 0 Å². The Bertz CT molecular complexity index is 111. The zero-order valence-electron chi connectivity index (χ0n) is 5.22. The molecule has 0 bridgehead atoms. The van der Waals surface area contributed by atoms with Crippen LogP contribution in [0.5, 0.6) is 0 Å². The van der Waals surface area contributed by atoms with Gasteiger partial charge in [0.15, 0.2) is 6.19 Å². The molecular weight excluding hydrogens is 116 g/mol. The molecule has 2 N–H and O–H groups in total. The number of rotatable bonds is 1. The average molecular weight is 126 g/mol. The first-order valence-electron chi connectivity index (χ1n) is 3.04. The van der Waals surface area contributed by atoms with Crippen LogP contribution in [-0.4, -0.2) is 31.2 Å². The minimum Gasteiger partial charge on any atom is -0.314 e. The van der Waals surface area contributed by atoms with Gasteiger partial charge in [0.25, 0.3) is 0 Å². The van der Waals surface area contributed by atoms with Crippen LogP contribution in [0.3, 0.4) is 0 Å². The van der Waals surface area contributed by atoms with E-state index in [-0.39, 0.29) is 0 Å². The van der Waals surface area contributed by atoms with Crippen molar-refractivity contribution < 1.29 is 0 Å². The lowest BCUT2D eigenvalue weighted by Gasteiger charge is -2.24. The van der Waals surface area contributed by atoms with Crippen LogP contribution >= 0.6 is 0 Å². The van der Waals surface area contributed by atoms with Crippen LogP contribution < -0.4 is 10.7 Å². The third kappa shape index (κ3) is 1.88. The lowest BCUT2D eigenvalue weighted by Crippen LogP contribution is -2.48. The van der Waals surface area contributed by atoms with Gasteiger partial charge in [-0.1, -0.05) is 0 Å². The van der Waals surface area contributed by atoms with Crippen LogP contribution in [0.25, 0.3) is 0 Å². The van der Waals surface area contributed by atoms with E-state index >= 15 is 0 Å². The molecule has 0 radical (unpaired) electrons. The predicted octanol–water partition coefficient (Wildman–Crippen LogP) is -1.12. The van der Waals surface area contributed by atoms with E-state index in [1.165, 1.54) is 0 Å². The molecule has 1 rings (SSSR count). The SMILES string of the molecule is N#CNN1CCNCC1. The summed E-state index contributed by atoms with van der Waals surface area (Å²) in [5, 5.41) is 13.3. The normalized spacial score (nSPS) is 20.8. The Hall–Kier alpha value is -0.790. The molecule has 1 saturated heterocycles. The van der Waals surface area contributed by atoms with Crippen molar-refractivity contribution in [1.82, 2.24) is 15.8 Å². The van der Waals surface area contributed by atoms with Crippen LogP contribution in [-0.2, 0) is 0 Å². The molecule has 1 aliphatic rings.